The van der Waals surface area contributed by atoms with E-state index < -0.39 is 22.9 Å². The number of carbonyl (C=O) groups is 2. The zero-order valence-corrected chi connectivity index (χ0v) is 24.1. The summed E-state index contributed by atoms with van der Waals surface area (Å²) in [6, 6.07) is 23.7. The molecule has 9 heteroatoms. The molecule has 0 radical (unpaired) electrons. The van der Waals surface area contributed by atoms with Gasteiger partial charge in [-0.1, -0.05) is 86.6 Å². The molecule has 0 saturated heterocycles. The molecule has 2 amide bonds. The summed E-state index contributed by atoms with van der Waals surface area (Å²) in [7, 11) is -1.37. The van der Waals surface area contributed by atoms with E-state index in [9.17, 15) is 13.8 Å². The van der Waals surface area contributed by atoms with Gasteiger partial charge in [0.25, 0.3) is 0 Å². The third kappa shape index (κ3) is 9.98. The first kappa shape index (κ1) is 31.2. The Morgan fingerprint density at radius 2 is 1.60 bits per heavy atom. The molecule has 0 bridgehead atoms. The molecular weight excluding hydrogens is 524 g/mol. The summed E-state index contributed by atoms with van der Waals surface area (Å²) in [6.45, 7) is 7.72. The second kappa shape index (κ2) is 16.7. The summed E-state index contributed by atoms with van der Waals surface area (Å²) in [4.78, 5) is 27.2. The van der Waals surface area contributed by atoms with Gasteiger partial charge in [-0.2, -0.15) is 0 Å². The van der Waals surface area contributed by atoms with Gasteiger partial charge in [0.05, 0.1) is 24.2 Å². The smallest absolute Gasteiger partial charge is 0.249 e. The van der Waals surface area contributed by atoms with Gasteiger partial charge in [0.2, 0.25) is 11.8 Å². The molecule has 0 aliphatic carbocycles. The van der Waals surface area contributed by atoms with E-state index >= 15 is 0 Å². The molecule has 214 valence electrons. The molecule has 0 spiro atoms. The quantitative estimate of drug-likeness (QED) is 0.232. The van der Waals surface area contributed by atoms with Gasteiger partial charge in [-0.05, 0) is 54.4 Å². The van der Waals surface area contributed by atoms with Crippen LogP contribution >= 0.6 is 0 Å². The van der Waals surface area contributed by atoms with Crippen molar-refractivity contribution in [2.45, 2.75) is 39.5 Å². The van der Waals surface area contributed by atoms with E-state index in [2.05, 4.69) is 28.8 Å². The molecule has 0 aliphatic heterocycles. The molecule has 0 heterocycles. The standard InChI is InChI=1S/C31H40N4O4S/c1-3-35(4-2)19-10-20-40(38)34-29(23-39-22-25-11-6-5-7-12-25)31(37)33-21-24-15-17-26(18-16-24)27-13-8-9-14-28(27)30(32)36/h5-9,11-18,29,34H,3-4,10,19-23H2,1-2H3,(H2,32,36)(H,33,37)/t29-,40?/m1/s1. The number of hydrogen-bond acceptors (Lipinski definition) is 5. The van der Waals surface area contributed by atoms with Gasteiger partial charge in [0, 0.05) is 17.9 Å². The van der Waals surface area contributed by atoms with Crippen molar-refractivity contribution in [2.75, 3.05) is 32.0 Å². The summed E-state index contributed by atoms with van der Waals surface area (Å²) >= 11 is 0. The molecule has 3 aromatic carbocycles. The SMILES string of the molecule is CCN(CC)CCCS(=O)N[C@H](COCc1ccccc1)C(=O)NCc1ccc(-c2ccccc2C(N)=O)cc1. The molecule has 2 atom stereocenters. The fourth-order valence-corrected chi connectivity index (χ4v) is 5.27. The first-order chi connectivity index (χ1) is 19.4. The van der Waals surface area contributed by atoms with Crippen LogP contribution in [0.5, 0.6) is 0 Å². The third-order valence-corrected chi connectivity index (χ3v) is 7.82. The number of primary amides is 1. The second-order valence-corrected chi connectivity index (χ2v) is 10.8. The lowest BCUT2D eigenvalue weighted by Gasteiger charge is -2.20. The van der Waals surface area contributed by atoms with E-state index in [0.717, 1.165) is 48.3 Å². The van der Waals surface area contributed by atoms with E-state index in [1.54, 1.807) is 12.1 Å². The third-order valence-electron chi connectivity index (χ3n) is 6.61. The lowest BCUT2D eigenvalue weighted by Crippen LogP contribution is -2.48. The zero-order valence-electron chi connectivity index (χ0n) is 23.3. The van der Waals surface area contributed by atoms with Gasteiger partial charge in [-0.3, -0.25) is 9.59 Å². The van der Waals surface area contributed by atoms with Gasteiger partial charge >= 0.3 is 0 Å². The average molecular weight is 565 g/mol. The van der Waals surface area contributed by atoms with E-state index in [-0.39, 0.29) is 12.5 Å². The lowest BCUT2D eigenvalue weighted by atomic mass is 9.98. The van der Waals surface area contributed by atoms with Gasteiger partial charge in [0.15, 0.2) is 0 Å². The average Bonchev–Trinajstić information content (AvgIpc) is 2.98. The van der Waals surface area contributed by atoms with Crippen molar-refractivity contribution in [2.24, 2.45) is 5.73 Å². The number of carbonyl (C=O) groups excluding carboxylic acids is 2. The minimum absolute atomic E-state index is 0.0886. The number of ether oxygens (including phenoxy) is 1. The summed E-state index contributed by atoms with van der Waals surface area (Å²) in [6.07, 6.45) is 0.770. The first-order valence-corrected chi connectivity index (χ1v) is 15.0. The molecule has 1 unspecified atom stereocenters. The van der Waals surface area contributed by atoms with Crippen molar-refractivity contribution in [1.29, 1.82) is 0 Å². The van der Waals surface area contributed by atoms with Crippen LogP contribution in [0.2, 0.25) is 0 Å². The van der Waals surface area contributed by atoms with Gasteiger partial charge in [0.1, 0.15) is 6.04 Å². The Hall–Kier alpha value is -3.37. The Labute approximate surface area is 239 Å². The fraction of sp³-hybridized carbons (Fsp3) is 0.355. The Kier molecular flexibility index (Phi) is 13.0. The van der Waals surface area contributed by atoms with Gasteiger partial charge < -0.3 is 20.7 Å². The van der Waals surface area contributed by atoms with Crippen LogP contribution in [0.3, 0.4) is 0 Å². The maximum absolute atomic E-state index is 13.1. The fourth-order valence-electron chi connectivity index (χ4n) is 4.27. The number of benzene rings is 3. The number of hydrogen-bond donors (Lipinski definition) is 3. The highest BCUT2D eigenvalue weighted by molar-refractivity contribution is 7.83. The summed E-state index contributed by atoms with van der Waals surface area (Å²) < 4.78 is 21.6. The van der Waals surface area contributed by atoms with Crippen molar-refractivity contribution < 1.29 is 18.5 Å². The van der Waals surface area contributed by atoms with Crippen LogP contribution in [0.4, 0.5) is 0 Å². The van der Waals surface area contributed by atoms with Crippen molar-refractivity contribution in [1.82, 2.24) is 14.9 Å². The predicted molar refractivity (Wildman–Crippen MR) is 161 cm³/mol. The van der Waals surface area contributed by atoms with E-state index in [1.165, 1.54) is 0 Å². The summed E-state index contributed by atoms with van der Waals surface area (Å²) in [5.41, 5.74) is 9.48. The molecule has 0 saturated carbocycles. The normalized spacial score (nSPS) is 12.7. The van der Waals surface area contributed by atoms with Crippen LogP contribution in [0, 0.1) is 0 Å². The number of nitrogens with zero attached hydrogens (tertiary/aromatic N) is 1. The summed E-state index contributed by atoms with van der Waals surface area (Å²) in [5.74, 6) is -0.313. The second-order valence-electron chi connectivity index (χ2n) is 9.43. The van der Waals surface area contributed by atoms with Crippen LogP contribution in [-0.2, 0) is 33.7 Å². The van der Waals surface area contributed by atoms with E-state index in [4.69, 9.17) is 10.5 Å². The topological polar surface area (TPSA) is 114 Å². The first-order valence-electron chi connectivity index (χ1n) is 13.7. The van der Waals surface area contributed by atoms with E-state index in [1.807, 2.05) is 66.7 Å². The minimum atomic E-state index is -1.37. The number of nitrogens with two attached hydrogens (primary N) is 1. The minimum Gasteiger partial charge on any atom is -0.375 e. The van der Waals surface area contributed by atoms with Gasteiger partial charge in [-0.25, -0.2) is 8.93 Å². The van der Waals surface area contributed by atoms with Crippen molar-refractivity contribution in [3.63, 3.8) is 0 Å². The molecule has 4 N–H and O–H groups in total. The molecule has 3 aromatic rings. The van der Waals surface area contributed by atoms with Crippen LogP contribution < -0.4 is 15.8 Å². The lowest BCUT2D eigenvalue weighted by molar-refractivity contribution is -0.124. The monoisotopic (exact) mass is 564 g/mol. The van der Waals surface area contributed by atoms with Crippen LogP contribution in [0.15, 0.2) is 78.9 Å². The number of nitrogens with one attached hydrogen (secondary N) is 2. The van der Waals surface area contributed by atoms with Gasteiger partial charge in [-0.15, -0.1) is 0 Å². The van der Waals surface area contributed by atoms with Crippen molar-refractivity contribution >= 4 is 22.8 Å². The molecule has 8 nitrogen and oxygen atoms in total. The van der Waals surface area contributed by atoms with Crippen molar-refractivity contribution in [3.05, 3.63) is 95.6 Å². The molecule has 0 fully saturated rings. The number of rotatable bonds is 17. The molecule has 3 rings (SSSR count). The maximum atomic E-state index is 13.1. The zero-order chi connectivity index (χ0) is 28.7. The Morgan fingerprint density at radius 1 is 0.925 bits per heavy atom. The molecule has 40 heavy (non-hydrogen) atoms. The molecular formula is C31H40N4O4S. The van der Waals surface area contributed by atoms with Crippen LogP contribution in [0.1, 0.15) is 41.8 Å². The van der Waals surface area contributed by atoms with E-state index in [0.29, 0.717) is 24.5 Å². The molecule has 0 aliphatic rings. The highest BCUT2D eigenvalue weighted by Crippen LogP contribution is 2.23. The highest BCUT2D eigenvalue weighted by atomic mass is 32.2. The van der Waals surface area contributed by atoms with Crippen LogP contribution in [-0.4, -0.2) is 59.0 Å². The Balaban J connectivity index is 1.59. The predicted octanol–water partition coefficient (Wildman–Crippen LogP) is 3.64. The Bertz CT molecular complexity index is 1230. The molecule has 0 aromatic heterocycles. The van der Waals surface area contributed by atoms with Crippen LogP contribution in [0.25, 0.3) is 11.1 Å². The highest BCUT2D eigenvalue weighted by Gasteiger charge is 2.21. The van der Waals surface area contributed by atoms with Crippen molar-refractivity contribution in [3.8, 4) is 11.1 Å². The Morgan fingerprint density at radius 3 is 2.27 bits per heavy atom. The summed E-state index contributed by atoms with van der Waals surface area (Å²) in [5, 5.41) is 2.94. The number of amides is 2. The largest absolute Gasteiger partial charge is 0.375 e. The maximum Gasteiger partial charge on any atom is 0.249 e.